The number of anilines is 1. The van der Waals surface area contributed by atoms with Gasteiger partial charge in [0.2, 0.25) is 5.91 Å². The number of aryl methyl sites for hydroxylation is 2. The van der Waals surface area contributed by atoms with Gasteiger partial charge in [-0.3, -0.25) is 4.79 Å². The molecule has 0 aliphatic rings. The van der Waals surface area contributed by atoms with E-state index in [0.29, 0.717) is 16.8 Å². The molecule has 0 aliphatic carbocycles. The summed E-state index contributed by atoms with van der Waals surface area (Å²) < 4.78 is 8.28. The highest BCUT2D eigenvalue weighted by atomic mass is 32.2. The first-order valence-electron chi connectivity index (χ1n) is 10.6. The van der Waals surface area contributed by atoms with Crippen LogP contribution in [0.3, 0.4) is 0 Å². The van der Waals surface area contributed by atoms with Gasteiger partial charge in [-0.05, 0) is 42.7 Å². The fourth-order valence-electron chi connectivity index (χ4n) is 3.38. The number of fused-ring (bicyclic) bond motifs is 1. The van der Waals surface area contributed by atoms with E-state index in [1.54, 1.807) is 7.11 Å². The smallest absolute Gasteiger partial charge is 0.236 e. The van der Waals surface area contributed by atoms with Crippen LogP contribution < -0.4 is 10.1 Å². The fraction of sp³-hybridized carbons (Fsp3) is 0.250. The quantitative estimate of drug-likeness (QED) is 0.241. The molecule has 0 saturated carbocycles. The van der Waals surface area contributed by atoms with Crippen molar-refractivity contribution in [2.75, 3.05) is 18.2 Å². The number of allylic oxidation sites excluding steroid dienone is 1. The van der Waals surface area contributed by atoms with Gasteiger partial charge in [-0.25, -0.2) is 4.98 Å². The number of aromatic nitrogens is 4. The maximum Gasteiger partial charge on any atom is 0.236 e. The highest BCUT2D eigenvalue weighted by Gasteiger charge is 2.14. The summed E-state index contributed by atoms with van der Waals surface area (Å²) in [5.41, 5.74) is 2.14. The molecule has 170 valence electrons. The molecule has 0 spiro atoms. The zero-order chi connectivity index (χ0) is 23.0. The van der Waals surface area contributed by atoms with Crippen molar-refractivity contribution in [3.05, 3.63) is 72.6 Å². The van der Waals surface area contributed by atoms with E-state index in [-0.39, 0.29) is 11.7 Å². The molecular formula is C24H25N5O2S2. The van der Waals surface area contributed by atoms with Gasteiger partial charge in [0.1, 0.15) is 11.6 Å². The van der Waals surface area contributed by atoms with Crippen LogP contribution in [0.4, 0.5) is 5.13 Å². The Kier molecular flexibility index (Phi) is 7.74. The van der Waals surface area contributed by atoms with Crippen molar-refractivity contribution in [2.24, 2.45) is 0 Å². The Morgan fingerprint density at radius 2 is 2.00 bits per heavy atom. The molecule has 33 heavy (non-hydrogen) atoms. The minimum absolute atomic E-state index is 0.117. The van der Waals surface area contributed by atoms with Gasteiger partial charge < -0.3 is 14.6 Å². The second-order valence-electron chi connectivity index (χ2n) is 7.32. The summed E-state index contributed by atoms with van der Waals surface area (Å²) >= 11 is 2.83. The number of para-hydroxylation sites is 1. The fourth-order valence-corrected chi connectivity index (χ4v) is 5.03. The monoisotopic (exact) mass is 479 g/mol. The largest absolute Gasteiger partial charge is 0.497 e. The summed E-state index contributed by atoms with van der Waals surface area (Å²) in [6.45, 7) is 4.45. The molecule has 0 radical (unpaired) electrons. The lowest BCUT2D eigenvalue weighted by molar-refractivity contribution is -0.113. The molecule has 0 atom stereocenters. The number of hydrogen-bond donors (Lipinski definition) is 1. The van der Waals surface area contributed by atoms with Gasteiger partial charge in [0, 0.05) is 13.0 Å². The number of rotatable bonds is 11. The first kappa shape index (κ1) is 23.0. The lowest BCUT2D eigenvalue weighted by atomic mass is 10.1. The van der Waals surface area contributed by atoms with Crippen LogP contribution in [0, 0.1) is 0 Å². The van der Waals surface area contributed by atoms with Gasteiger partial charge in [-0.1, -0.05) is 53.4 Å². The summed E-state index contributed by atoms with van der Waals surface area (Å²) in [5, 5.41) is 12.9. The topological polar surface area (TPSA) is 81.9 Å². The minimum Gasteiger partial charge on any atom is -0.497 e. The Balaban J connectivity index is 1.32. The van der Waals surface area contributed by atoms with E-state index in [1.165, 1.54) is 28.7 Å². The summed E-state index contributed by atoms with van der Waals surface area (Å²) in [6.07, 6.45) is 4.51. The van der Waals surface area contributed by atoms with Gasteiger partial charge in [0.25, 0.3) is 0 Å². The summed E-state index contributed by atoms with van der Waals surface area (Å²) in [6, 6.07) is 15.9. The first-order chi connectivity index (χ1) is 16.2. The van der Waals surface area contributed by atoms with Crippen molar-refractivity contribution in [3.63, 3.8) is 0 Å². The number of carbonyl (C=O) groups excluding carboxylic acids is 1. The zero-order valence-corrected chi connectivity index (χ0v) is 20.0. The predicted molar refractivity (Wildman–Crippen MR) is 134 cm³/mol. The molecule has 4 rings (SSSR count). The van der Waals surface area contributed by atoms with Gasteiger partial charge in [0.05, 0.1) is 23.1 Å². The van der Waals surface area contributed by atoms with Crippen LogP contribution in [-0.2, 0) is 24.2 Å². The van der Waals surface area contributed by atoms with Crippen LogP contribution >= 0.6 is 23.1 Å². The minimum atomic E-state index is -0.117. The molecule has 4 aromatic rings. The van der Waals surface area contributed by atoms with Crippen molar-refractivity contribution in [1.82, 2.24) is 19.7 Å². The molecule has 2 aromatic carbocycles. The average Bonchev–Trinajstić information content (AvgIpc) is 3.41. The molecule has 9 heteroatoms. The second-order valence-corrected chi connectivity index (χ2v) is 9.30. The number of nitrogens with one attached hydrogen (secondary N) is 1. The van der Waals surface area contributed by atoms with Crippen LogP contribution in [-0.4, -0.2) is 38.5 Å². The first-order valence-corrected chi connectivity index (χ1v) is 12.4. The van der Waals surface area contributed by atoms with Crippen LogP contribution in [0.1, 0.15) is 17.8 Å². The molecule has 2 aromatic heterocycles. The Hall–Kier alpha value is -3.17. The number of carbonyl (C=O) groups is 1. The molecule has 0 fully saturated rings. The highest BCUT2D eigenvalue weighted by molar-refractivity contribution is 7.99. The van der Waals surface area contributed by atoms with Gasteiger partial charge in [-0.2, -0.15) is 0 Å². The summed E-state index contributed by atoms with van der Waals surface area (Å²) in [4.78, 5) is 16.9. The van der Waals surface area contributed by atoms with E-state index >= 15 is 0 Å². The van der Waals surface area contributed by atoms with Crippen LogP contribution in [0.15, 0.2) is 66.3 Å². The third-order valence-electron chi connectivity index (χ3n) is 5.00. The van der Waals surface area contributed by atoms with E-state index in [0.717, 1.165) is 41.1 Å². The third-order valence-corrected chi connectivity index (χ3v) is 6.92. The van der Waals surface area contributed by atoms with Crippen molar-refractivity contribution in [2.45, 2.75) is 31.0 Å². The normalized spacial score (nSPS) is 10.9. The summed E-state index contributed by atoms with van der Waals surface area (Å²) in [5.74, 6) is 1.88. The molecule has 2 heterocycles. The van der Waals surface area contributed by atoms with Crippen molar-refractivity contribution in [3.8, 4) is 5.75 Å². The zero-order valence-electron chi connectivity index (χ0n) is 18.4. The Morgan fingerprint density at radius 3 is 2.76 bits per heavy atom. The predicted octanol–water partition coefficient (Wildman–Crippen LogP) is 4.99. The molecule has 0 bridgehead atoms. The third kappa shape index (κ3) is 6.00. The molecule has 7 nitrogen and oxygen atoms in total. The number of benzene rings is 2. The molecule has 0 saturated heterocycles. The number of thiazole rings is 1. The highest BCUT2D eigenvalue weighted by Crippen LogP contribution is 2.26. The van der Waals surface area contributed by atoms with Crippen molar-refractivity contribution in [1.29, 1.82) is 0 Å². The van der Waals surface area contributed by atoms with E-state index in [9.17, 15) is 4.79 Å². The number of methoxy groups -OCH3 is 1. The average molecular weight is 480 g/mol. The lowest BCUT2D eigenvalue weighted by Crippen LogP contribution is -2.14. The van der Waals surface area contributed by atoms with Crippen molar-refractivity contribution < 1.29 is 9.53 Å². The van der Waals surface area contributed by atoms with Crippen LogP contribution in [0.5, 0.6) is 5.75 Å². The maximum absolute atomic E-state index is 12.5. The van der Waals surface area contributed by atoms with Crippen LogP contribution in [0.2, 0.25) is 0 Å². The number of amides is 1. The number of thioether (sulfide) groups is 1. The van der Waals surface area contributed by atoms with Gasteiger partial charge in [0.15, 0.2) is 10.3 Å². The lowest BCUT2D eigenvalue weighted by Gasteiger charge is -2.08. The van der Waals surface area contributed by atoms with E-state index in [4.69, 9.17) is 4.74 Å². The Labute approximate surface area is 200 Å². The van der Waals surface area contributed by atoms with E-state index < -0.39 is 0 Å². The number of hydrogen-bond acceptors (Lipinski definition) is 7. The standard InChI is InChI=1S/C24H25N5O2S2/c1-3-15-29-21(10-6-7-17-11-13-18(31-2)14-12-17)27-28-24(29)32-16-22(30)26-23-25-19-8-4-5-9-20(19)33-23/h3-5,8-9,11-14H,1,6-7,10,15-16H2,2H3,(H,25,26,30). The molecule has 1 amide bonds. The maximum atomic E-state index is 12.5. The van der Waals surface area contributed by atoms with Crippen molar-refractivity contribution >= 4 is 44.4 Å². The molecule has 0 aliphatic heterocycles. The van der Waals surface area contributed by atoms with E-state index in [1.807, 2.05) is 47.0 Å². The summed E-state index contributed by atoms with van der Waals surface area (Å²) in [7, 11) is 1.67. The van der Waals surface area contributed by atoms with Gasteiger partial charge >= 0.3 is 0 Å². The van der Waals surface area contributed by atoms with Crippen LogP contribution in [0.25, 0.3) is 10.2 Å². The molecular weight excluding hydrogens is 454 g/mol. The Bertz CT molecular complexity index is 1200. The molecule has 0 unspecified atom stereocenters. The Morgan fingerprint density at radius 1 is 1.18 bits per heavy atom. The number of nitrogens with zero attached hydrogens (tertiary/aromatic N) is 4. The second kappa shape index (κ2) is 11.1. The molecule has 1 N–H and O–H groups in total. The SMILES string of the molecule is C=CCn1c(CCCc2ccc(OC)cc2)nnc1SCC(=O)Nc1nc2ccccc2s1. The van der Waals surface area contributed by atoms with E-state index in [2.05, 4.69) is 39.2 Å². The van der Waals surface area contributed by atoms with Gasteiger partial charge in [-0.15, -0.1) is 16.8 Å². The number of ether oxygens (including phenoxy) is 1.